The summed E-state index contributed by atoms with van der Waals surface area (Å²) in [5, 5.41) is 7.12. The van der Waals surface area contributed by atoms with Crippen LogP contribution < -0.4 is 16.4 Å². The van der Waals surface area contributed by atoms with E-state index in [9.17, 15) is 9.59 Å². The fourth-order valence-electron chi connectivity index (χ4n) is 3.17. The highest BCUT2D eigenvalue weighted by Crippen LogP contribution is 2.29. The van der Waals surface area contributed by atoms with Crippen LogP contribution >= 0.6 is 11.8 Å². The van der Waals surface area contributed by atoms with E-state index in [4.69, 9.17) is 10.5 Å². The van der Waals surface area contributed by atoms with E-state index in [0.717, 1.165) is 16.5 Å². The van der Waals surface area contributed by atoms with Crippen LogP contribution in [0.15, 0.2) is 64.7 Å². The van der Waals surface area contributed by atoms with E-state index in [0.29, 0.717) is 10.9 Å². The van der Waals surface area contributed by atoms with E-state index in [1.807, 2.05) is 30.5 Å². The number of anilines is 1. The molecular weight excluding hydrogens is 416 g/mol. The monoisotopic (exact) mass is 436 g/mol. The second-order valence-corrected chi connectivity index (χ2v) is 7.57. The minimum atomic E-state index is -0.521. The summed E-state index contributed by atoms with van der Waals surface area (Å²) in [5.74, 6) is -0.526. The number of ether oxygens (including phenoxy) is 1. The van der Waals surface area contributed by atoms with Crippen molar-refractivity contribution in [1.82, 2.24) is 10.3 Å². The molecule has 1 aliphatic heterocycles. The van der Waals surface area contributed by atoms with Gasteiger partial charge in [-0.2, -0.15) is 0 Å². The molecule has 0 unspecified atom stereocenters. The number of fused-ring (bicyclic) bond motifs is 1. The highest BCUT2D eigenvalue weighted by molar-refractivity contribution is 8.14. The Morgan fingerprint density at radius 3 is 2.77 bits per heavy atom. The van der Waals surface area contributed by atoms with E-state index in [2.05, 4.69) is 25.6 Å². The first kappa shape index (κ1) is 20.5. The van der Waals surface area contributed by atoms with Gasteiger partial charge in [-0.15, -0.1) is 0 Å². The van der Waals surface area contributed by atoms with Crippen molar-refractivity contribution in [1.29, 1.82) is 0 Å². The van der Waals surface area contributed by atoms with Crippen molar-refractivity contribution in [3.8, 4) is 0 Å². The van der Waals surface area contributed by atoms with Gasteiger partial charge in [0, 0.05) is 22.7 Å². The van der Waals surface area contributed by atoms with Gasteiger partial charge in [0.1, 0.15) is 0 Å². The summed E-state index contributed by atoms with van der Waals surface area (Å²) in [6.45, 7) is 0. The molecule has 1 aliphatic rings. The number of para-hydroxylation sites is 2. The molecule has 158 valence electrons. The summed E-state index contributed by atoms with van der Waals surface area (Å²) in [6, 6.07) is 14.5. The van der Waals surface area contributed by atoms with E-state index in [-0.39, 0.29) is 23.2 Å². The number of methoxy groups -OCH3 is 1. The number of aromatic nitrogens is 1. The van der Waals surface area contributed by atoms with Gasteiger partial charge in [-0.1, -0.05) is 42.1 Å². The molecule has 2 heterocycles. The van der Waals surface area contributed by atoms with Crippen LogP contribution in [0.25, 0.3) is 10.9 Å². The molecule has 2 aromatic carbocycles. The molecule has 31 heavy (non-hydrogen) atoms. The first-order chi connectivity index (χ1) is 15.0. The number of aromatic amines is 1. The Kier molecular flexibility index (Phi) is 5.89. The lowest BCUT2D eigenvalue weighted by Crippen LogP contribution is -2.39. The number of rotatable bonds is 5. The molecule has 1 amide bonds. The maximum atomic E-state index is 12.5. The third-order valence-corrected chi connectivity index (χ3v) is 5.47. The largest absolute Gasteiger partial charge is 0.465 e. The molecule has 0 aliphatic carbocycles. The average Bonchev–Trinajstić information content (AvgIpc) is 3.21. The number of guanidine groups is 1. The highest BCUT2D eigenvalue weighted by Gasteiger charge is 2.21. The zero-order chi connectivity index (χ0) is 21.8. The number of amidine groups is 1. The number of carbonyl (C=O) groups is 2. The van der Waals surface area contributed by atoms with Crippen molar-refractivity contribution in [2.45, 2.75) is 6.17 Å². The van der Waals surface area contributed by atoms with Crippen LogP contribution in [0.3, 0.4) is 0 Å². The predicted molar refractivity (Wildman–Crippen MR) is 122 cm³/mol. The number of hydrogen-bond donors (Lipinski definition) is 4. The van der Waals surface area contributed by atoms with Crippen LogP contribution in [0.4, 0.5) is 5.69 Å². The number of nitrogens with two attached hydrogens (primary N) is 1. The van der Waals surface area contributed by atoms with E-state index >= 15 is 0 Å². The normalized spacial score (nSPS) is 15.6. The van der Waals surface area contributed by atoms with Gasteiger partial charge in [0.15, 0.2) is 17.3 Å². The van der Waals surface area contributed by atoms with E-state index in [1.165, 1.54) is 18.9 Å². The van der Waals surface area contributed by atoms with Gasteiger partial charge < -0.3 is 26.1 Å². The van der Waals surface area contributed by atoms with Crippen molar-refractivity contribution < 1.29 is 14.3 Å². The number of nitrogens with one attached hydrogen (secondary N) is 3. The molecule has 0 saturated heterocycles. The maximum absolute atomic E-state index is 12.5. The first-order valence-electron chi connectivity index (χ1n) is 9.39. The second kappa shape index (κ2) is 8.92. The summed E-state index contributed by atoms with van der Waals surface area (Å²) in [7, 11) is 1.29. The Morgan fingerprint density at radius 2 is 1.94 bits per heavy atom. The number of amides is 1. The van der Waals surface area contributed by atoms with Crippen LogP contribution in [0.1, 0.15) is 22.1 Å². The molecule has 1 aromatic heterocycles. The van der Waals surface area contributed by atoms with Crippen molar-refractivity contribution >= 4 is 51.4 Å². The number of carbonyl (C=O) groups excluding carboxylic acids is 2. The smallest absolute Gasteiger partial charge is 0.339 e. The molecule has 1 atom stereocenters. The maximum Gasteiger partial charge on any atom is 0.339 e. The average molecular weight is 436 g/mol. The van der Waals surface area contributed by atoms with Crippen LogP contribution in [0.2, 0.25) is 0 Å². The minimum Gasteiger partial charge on any atom is -0.465 e. The molecule has 0 saturated carbocycles. The Labute approximate surface area is 182 Å². The van der Waals surface area contributed by atoms with Gasteiger partial charge in [-0.25, -0.2) is 14.8 Å². The minimum absolute atomic E-state index is 0.0647. The molecule has 5 N–H and O–H groups in total. The molecule has 0 radical (unpaired) electrons. The lowest BCUT2D eigenvalue weighted by molar-refractivity contribution is -0.113. The van der Waals surface area contributed by atoms with Gasteiger partial charge >= 0.3 is 5.97 Å². The fraction of sp³-hybridized carbons (Fsp3) is 0.143. The number of nitrogens with zero attached hydrogens (tertiary/aromatic N) is 2. The van der Waals surface area contributed by atoms with Gasteiger partial charge in [0.25, 0.3) is 0 Å². The fourth-order valence-corrected chi connectivity index (χ4v) is 3.86. The Bertz CT molecular complexity index is 1200. The third kappa shape index (κ3) is 4.53. The first-order valence-corrected chi connectivity index (χ1v) is 10.4. The molecular formula is C21H20N6O3S. The summed E-state index contributed by atoms with van der Waals surface area (Å²) in [4.78, 5) is 36.5. The van der Waals surface area contributed by atoms with Crippen molar-refractivity contribution in [3.05, 3.63) is 65.9 Å². The number of H-pyrrole nitrogens is 1. The highest BCUT2D eigenvalue weighted by atomic mass is 32.2. The number of esters is 1. The molecule has 3 aromatic rings. The van der Waals surface area contributed by atoms with Gasteiger partial charge in [0.05, 0.1) is 24.1 Å². The summed E-state index contributed by atoms with van der Waals surface area (Å²) in [6.07, 6.45) is 1.35. The van der Waals surface area contributed by atoms with E-state index in [1.54, 1.807) is 24.3 Å². The lowest BCUT2D eigenvalue weighted by atomic mass is 10.1. The zero-order valence-electron chi connectivity index (χ0n) is 16.6. The number of benzene rings is 2. The van der Waals surface area contributed by atoms with Gasteiger partial charge in [-0.3, -0.25) is 4.79 Å². The molecule has 9 nitrogen and oxygen atoms in total. The van der Waals surface area contributed by atoms with Crippen LogP contribution in [0.5, 0.6) is 0 Å². The standard InChI is InChI=1S/C21H20N6O3S/c1-30-19(29)13-7-3-5-9-16(13)24-17(28)11-31-21-26-18(25-20(22)27-21)14-10-23-15-8-4-2-6-12(14)15/h2-10,18,23H,11H2,1H3,(H,24,28)(H3,22,25,26,27)/t18-/m1/s1. The summed E-state index contributed by atoms with van der Waals surface area (Å²) in [5.41, 5.74) is 8.50. The van der Waals surface area contributed by atoms with E-state index < -0.39 is 12.1 Å². The number of hydrogen-bond acceptors (Lipinski definition) is 8. The number of thioether (sulfide) groups is 1. The van der Waals surface area contributed by atoms with Crippen LogP contribution in [-0.4, -0.2) is 40.9 Å². The summed E-state index contributed by atoms with van der Waals surface area (Å²) >= 11 is 1.19. The molecule has 10 heteroatoms. The van der Waals surface area contributed by atoms with Gasteiger partial charge in [0.2, 0.25) is 5.91 Å². The lowest BCUT2D eigenvalue weighted by Gasteiger charge is -2.18. The van der Waals surface area contributed by atoms with Crippen LogP contribution in [0, 0.1) is 0 Å². The Balaban J connectivity index is 1.45. The molecule has 4 rings (SSSR count). The molecule has 0 fully saturated rings. The number of aliphatic imine (C=N–C) groups is 2. The van der Waals surface area contributed by atoms with Crippen LogP contribution in [-0.2, 0) is 9.53 Å². The third-order valence-electron chi connectivity index (χ3n) is 4.58. The van der Waals surface area contributed by atoms with Crippen molar-refractivity contribution in [2.24, 2.45) is 15.7 Å². The Hall–Kier alpha value is -3.79. The predicted octanol–water partition coefficient (Wildman–Crippen LogP) is 2.60. The van der Waals surface area contributed by atoms with Crippen molar-refractivity contribution in [3.63, 3.8) is 0 Å². The Morgan fingerprint density at radius 1 is 1.16 bits per heavy atom. The quantitative estimate of drug-likeness (QED) is 0.454. The molecule has 0 spiro atoms. The second-order valence-electron chi connectivity index (χ2n) is 6.61. The topological polar surface area (TPSA) is 134 Å². The van der Waals surface area contributed by atoms with Crippen molar-refractivity contribution in [2.75, 3.05) is 18.2 Å². The SMILES string of the molecule is COC(=O)c1ccccc1NC(=O)CSC1=N[C@H](c2c[nH]c3ccccc23)N=C(N)N1. The summed E-state index contributed by atoms with van der Waals surface area (Å²) < 4.78 is 4.75. The molecule has 0 bridgehead atoms. The van der Waals surface area contributed by atoms with Gasteiger partial charge in [-0.05, 0) is 18.2 Å². The zero-order valence-corrected chi connectivity index (χ0v) is 17.4.